The third kappa shape index (κ3) is 4.48. The molecule has 1 aliphatic rings. The molecule has 0 N–H and O–H groups in total. The number of amides is 1. The Balaban J connectivity index is 1.50. The van der Waals surface area contributed by atoms with E-state index in [4.69, 9.17) is 20.9 Å². The number of rotatable bonds is 5. The van der Waals surface area contributed by atoms with Gasteiger partial charge in [0.1, 0.15) is 11.6 Å². The number of piperidine rings is 1. The fraction of sp³-hybridized carbons (Fsp3) is 0.471. The standard InChI is InChI=1S/C17H19ClFN3O3/c1-11-20-17(25-21-11)12-3-2-7-22(10-12)16(23)6-8-24-15-5-4-13(19)9-14(15)18/h4-5,9,12H,2-3,6-8,10H2,1H3. The van der Waals surface area contributed by atoms with Crippen LogP contribution in [0.15, 0.2) is 22.7 Å². The molecule has 6 nitrogen and oxygen atoms in total. The lowest BCUT2D eigenvalue weighted by atomic mass is 9.98. The van der Waals surface area contributed by atoms with Gasteiger partial charge in [0.15, 0.2) is 5.82 Å². The Morgan fingerprint density at radius 3 is 3.08 bits per heavy atom. The van der Waals surface area contributed by atoms with E-state index in [1.165, 1.54) is 18.2 Å². The Hall–Kier alpha value is -2.15. The average Bonchev–Trinajstić information content (AvgIpc) is 3.03. The van der Waals surface area contributed by atoms with E-state index in [-0.39, 0.29) is 29.9 Å². The molecule has 25 heavy (non-hydrogen) atoms. The van der Waals surface area contributed by atoms with Crippen molar-refractivity contribution in [3.8, 4) is 5.75 Å². The summed E-state index contributed by atoms with van der Waals surface area (Å²) in [5.74, 6) is 1.20. The maximum atomic E-state index is 13.0. The van der Waals surface area contributed by atoms with Crippen LogP contribution in [0.2, 0.25) is 5.02 Å². The second-order valence-corrected chi connectivity index (χ2v) is 6.44. The second-order valence-electron chi connectivity index (χ2n) is 6.03. The minimum Gasteiger partial charge on any atom is -0.491 e. The van der Waals surface area contributed by atoms with Gasteiger partial charge in [0.05, 0.1) is 24.0 Å². The molecule has 1 atom stereocenters. The summed E-state index contributed by atoms with van der Waals surface area (Å²) in [6.07, 6.45) is 2.04. The fourth-order valence-corrected chi connectivity index (χ4v) is 3.10. The lowest BCUT2D eigenvalue weighted by Crippen LogP contribution is -2.39. The van der Waals surface area contributed by atoms with E-state index in [1.54, 1.807) is 11.8 Å². The van der Waals surface area contributed by atoms with E-state index in [1.807, 2.05) is 0 Å². The van der Waals surface area contributed by atoms with Crippen molar-refractivity contribution in [2.75, 3.05) is 19.7 Å². The summed E-state index contributed by atoms with van der Waals surface area (Å²) in [5, 5.41) is 4.00. The number of hydrogen-bond donors (Lipinski definition) is 0. The summed E-state index contributed by atoms with van der Waals surface area (Å²) < 4.78 is 23.7. The van der Waals surface area contributed by atoms with Crippen LogP contribution in [0.1, 0.15) is 36.9 Å². The van der Waals surface area contributed by atoms with Crippen molar-refractivity contribution in [2.45, 2.75) is 32.1 Å². The molecule has 1 amide bonds. The van der Waals surface area contributed by atoms with Gasteiger partial charge in [-0.1, -0.05) is 16.8 Å². The summed E-state index contributed by atoms with van der Waals surface area (Å²) in [6.45, 7) is 3.24. The number of carbonyl (C=O) groups excluding carboxylic acids is 1. The van der Waals surface area contributed by atoms with Gasteiger partial charge in [0, 0.05) is 13.1 Å². The summed E-state index contributed by atoms with van der Waals surface area (Å²) >= 11 is 5.90. The SMILES string of the molecule is Cc1noc(C2CCCN(C(=O)CCOc3ccc(F)cc3Cl)C2)n1. The number of halogens is 2. The van der Waals surface area contributed by atoms with Gasteiger partial charge in [-0.15, -0.1) is 0 Å². The first kappa shape index (κ1) is 17.7. The Morgan fingerprint density at radius 1 is 1.52 bits per heavy atom. The molecule has 1 fully saturated rings. The summed E-state index contributed by atoms with van der Waals surface area (Å²) in [5.41, 5.74) is 0. The molecule has 0 bridgehead atoms. The lowest BCUT2D eigenvalue weighted by Gasteiger charge is -2.31. The van der Waals surface area contributed by atoms with Gasteiger partial charge in [-0.25, -0.2) is 4.39 Å². The number of benzene rings is 1. The first-order valence-electron chi connectivity index (χ1n) is 8.19. The largest absolute Gasteiger partial charge is 0.491 e. The van der Waals surface area contributed by atoms with E-state index in [2.05, 4.69) is 10.1 Å². The Bertz CT molecular complexity index is 752. The zero-order valence-electron chi connectivity index (χ0n) is 13.9. The number of nitrogens with zero attached hydrogens (tertiary/aromatic N) is 3. The number of aryl methyl sites for hydroxylation is 1. The molecule has 0 spiro atoms. The van der Waals surface area contributed by atoms with Gasteiger partial charge in [0.25, 0.3) is 0 Å². The van der Waals surface area contributed by atoms with Crippen LogP contribution in [0.3, 0.4) is 0 Å². The molecule has 0 saturated carbocycles. The van der Waals surface area contributed by atoms with Crippen molar-refractivity contribution < 1.29 is 18.4 Å². The topological polar surface area (TPSA) is 68.5 Å². The van der Waals surface area contributed by atoms with E-state index in [0.29, 0.717) is 30.6 Å². The number of likely N-dealkylation sites (tertiary alicyclic amines) is 1. The zero-order valence-corrected chi connectivity index (χ0v) is 14.6. The highest BCUT2D eigenvalue weighted by atomic mass is 35.5. The van der Waals surface area contributed by atoms with Crippen LogP contribution < -0.4 is 4.74 Å². The Kier molecular flexibility index (Phi) is 5.53. The van der Waals surface area contributed by atoms with Crippen LogP contribution in [0, 0.1) is 12.7 Å². The van der Waals surface area contributed by atoms with Gasteiger partial charge in [0.2, 0.25) is 11.8 Å². The molecule has 0 aliphatic carbocycles. The van der Waals surface area contributed by atoms with E-state index in [0.717, 1.165) is 12.8 Å². The van der Waals surface area contributed by atoms with Gasteiger partial charge in [-0.2, -0.15) is 4.98 Å². The first-order chi connectivity index (χ1) is 12.0. The van der Waals surface area contributed by atoms with Crippen LogP contribution in [0.25, 0.3) is 0 Å². The van der Waals surface area contributed by atoms with E-state index >= 15 is 0 Å². The van der Waals surface area contributed by atoms with Crippen molar-refractivity contribution in [1.82, 2.24) is 15.0 Å². The highest BCUT2D eigenvalue weighted by Crippen LogP contribution is 2.27. The predicted octanol–water partition coefficient (Wildman–Crippen LogP) is 3.35. The molecule has 0 radical (unpaired) electrons. The minimum absolute atomic E-state index is 0.000767. The molecule has 1 aromatic heterocycles. The van der Waals surface area contributed by atoms with Crippen molar-refractivity contribution >= 4 is 17.5 Å². The number of ether oxygens (including phenoxy) is 1. The Labute approximate surface area is 149 Å². The zero-order chi connectivity index (χ0) is 17.8. The molecule has 2 aromatic rings. The average molecular weight is 368 g/mol. The maximum absolute atomic E-state index is 13.0. The molecule has 2 heterocycles. The second kappa shape index (κ2) is 7.82. The van der Waals surface area contributed by atoms with Crippen LogP contribution in [-0.4, -0.2) is 40.6 Å². The van der Waals surface area contributed by atoms with Gasteiger partial charge in [-0.05, 0) is 38.0 Å². The predicted molar refractivity (Wildman–Crippen MR) is 89.1 cm³/mol. The maximum Gasteiger partial charge on any atom is 0.231 e. The molecule has 3 rings (SSSR count). The highest BCUT2D eigenvalue weighted by molar-refractivity contribution is 6.32. The number of carbonyl (C=O) groups is 1. The molecular formula is C17H19ClFN3O3. The van der Waals surface area contributed by atoms with Crippen molar-refractivity contribution in [2.24, 2.45) is 0 Å². The number of hydrogen-bond acceptors (Lipinski definition) is 5. The third-order valence-electron chi connectivity index (χ3n) is 4.13. The summed E-state index contributed by atoms with van der Waals surface area (Å²) in [6, 6.07) is 3.90. The minimum atomic E-state index is -0.427. The van der Waals surface area contributed by atoms with Crippen LogP contribution in [-0.2, 0) is 4.79 Å². The summed E-state index contributed by atoms with van der Waals surface area (Å²) in [4.78, 5) is 18.5. The first-order valence-corrected chi connectivity index (χ1v) is 8.56. The molecule has 1 saturated heterocycles. The van der Waals surface area contributed by atoms with Crippen LogP contribution in [0.5, 0.6) is 5.75 Å². The summed E-state index contributed by atoms with van der Waals surface area (Å²) in [7, 11) is 0. The van der Waals surface area contributed by atoms with Gasteiger partial charge >= 0.3 is 0 Å². The molecular weight excluding hydrogens is 349 g/mol. The van der Waals surface area contributed by atoms with Crippen LogP contribution in [0.4, 0.5) is 4.39 Å². The lowest BCUT2D eigenvalue weighted by molar-refractivity contribution is -0.133. The van der Waals surface area contributed by atoms with E-state index < -0.39 is 5.82 Å². The Morgan fingerprint density at radius 2 is 2.36 bits per heavy atom. The van der Waals surface area contributed by atoms with Crippen molar-refractivity contribution in [1.29, 1.82) is 0 Å². The van der Waals surface area contributed by atoms with Gasteiger partial charge in [-0.3, -0.25) is 4.79 Å². The van der Waals surface area contributed by atoms with Crippen molar-refractivity contribution in [3.63, 3.8) is 0 Å². The molecule has 1 aromatic carbocycles. The monoisotopic (exact) mass is 367 g/mol. The quantitative estimate of drug-likeness (QED) is 0.810. The molecule has 134 valence electrons. The van der Waals surface area contributed by atoms with Crippen molar-refractivity contribution in [3.05, 3.63) is 40.8 Å². The highest BCUT2D eigenvalue weighted by Gasteiger charge is 2.28. The van der Waals surface area contributed by atoms with Gasteiger partial charge < -0.3 is 14.2 Å². The molecule has 1 aliphatic heterocycles. The molecule has 8 heteroatoms. The molecule has 1 unspecified atom stereocenters. The normalized spacial score (nSPS) is 17.6. The van der Waals surface area contributed by atoms with E-state index in [9.17, 15) is 9.18 Å². The fourth-order valence-electron chi connectivity index (χ4n) is 2.88. The van der Waals surface area contributed by atoms with Crippen LogP contribution >= 0.6 is 11.6 Å². The third-order valence-corrected chi connectivity index (χ3v) is 4.43. The smallest absolute Gasteiger partial charge is 0.231 e. The number of aromatic nitrogens is 2.